The zero-order chi connectivity index (χ0) is 36.6. The summed E-state index contributed by atoms with van der Waals surface area (Å²) in [5.41, 5.74) is 2.22. The number of carbonyl (C=O) groups excluding carboxylic acids is 1. The van der Waals surface area contributed by atoms with Gasteiger partial charge in [-0.15, -0.1) is 0 Å². The van der Waals surface area contributed by atoms with Crippen LogP contribution < -0.4 is 0 Å². The van der Waals surface area contributed by atoms with Gasteiger partial charge in [0.1, 0.15) is 12.2 Å². The Morgan fingerprint density at radius 3 is 1.35 bits per heavy atom. The molecule has 0 aliphatic carbocycles. The molecule has 0 unspecified atom stereocenters. The fourth-order valence-electron chi connectivity index (χ4n) is 7.55. The van der Waals surface area contributed by atoms with E-state index in [4.69, 9.17) is 34.9 Å². The molecule has 268 valence electrons. The van der Waals surface area contributed by atoms with E-state index in [1.165, 1.54) is 5.56 Å². The molecule has 0 bridgehead atoms. The van der Waals surface area contributed by atoms with Gasteiger partial charge < -0.3 is 14.0 Å². The van der Waals surface area contributed by atoms with Gasteiger partial charge in [0, 0.05) is 11.8 Å². The monoisotopic (exact) mass is 732 g/mol. The van der Waals surface area contributed by atoms with E-state index in [2.05, 4.69) is 26.0 Å². The highest BCUT2D eigenvalue weighted by Gasteiger charge is 2.68. The summed E-state index contributed by atoms with van der Waals surface area (Å²) < 4.78 is 35.2. The van der Waals surface area contributed by atoms with Crippen LogP contribution in [-0.4, -0.2) is 24.0 Å². The van der Waals surface area contributed by atoms with Crippen molar-refractivity contribution >= 4 is 24.5 Å². The van der Waals surface area contributed by atoms with E-state index in [0.29, 0.717) is 5.92 Å². The lowest BCUT2D eigenvalue weighted by Crippen LogP contribution is -2.53. The topological polar surface area (TPSA) is 63.2 Å². The Balaban J connectivity index is 1.46. The lowest BCUT2D eigenvalue weighted by molar-refractivity contribution is -0.177. The number of carbonyl (C=O) groups is 1. The standard InChI is InChI=1S/C44H45O6PS/c1-31(2)30-33-26-28-34(29-27-33)32(3)41(45)48-51(52)49-43(35-18-10-6-11-19-35,36-20-12-7-13-21-36)39-40(47-42(4,5)46-39)44(50-51,37-22-14-8-15-23-37)38-24-16-9-17-25-38/h6-29,31-32,39-40H,30H2,1-5H3/t32-,39+,40+/m0/s1. The van der Waals surface area contributed by atoms with Gasteiger partial charge in [-0.05, 0) is 66.5 Å². The quantitative estimate of drug-likeness (QED) is 0.140. The van der Waals surface area contributed by atoms with Crippen LogP contribution in [0.4, 0.5) is 0 Å². The van der Waals surface area contributed by atoms with Crippen molar-refractivity contribution in [2.45, 2.75) is 76.2 Å². The van der Waals surface area contributed by atoms with Gasteiger partial charge in [-0.25, -0.2) is 0 Å². The maximum absolute atomic E-state index is 14.4. The van der Waals surface area contributed by atoms with Crippen LogP contribution >= 0.6 is 6.72 Å². The summed E-state index contributed by atoms with van der Waals surface area (Å²) in [7, 11) is 0. The zero-order valence-corrected chi connectivity index (χ0v) is 31.9. The van der Waals surface area contributed by atoms with E-state index >= 15 is 0 Å². The molecule has 3 atom stereocenters. The number of fused-ring (bicyclic) bond motifs is 1. The smallest absolute Gasteiger partial charge is 0.385 e. The Bertz CT molecular complexity index is 1830. The highest BCUT2D eigenvalue weighted by molar-refractivity contribution is 8.07. The molecule has 52 heavy (non-hydrogen) atoms. The summed E-state index contributed by atoms with van der Waals surface area (Å²) in [5, 5.41) is 0. The average Bonchev–Trinajstić information content (AvgIpc) is 3.45. The van der Waals surface area contributed by atoms with Crippen LogP contribution in [-0.2, 0) is 57.3 Å². The molecule has 6 nitrogen and oxygen atoms in total. The number of benzene rings is 5. The van der Waals surface area contributed by atoms with Gasteiger partial charge in [-0.3, -0.25) is 13.8 Å². The second-order valence-electron chi connectivity index (χ2n) is 14.5. The number of rotatable bonds is 9. The third-order valence-corrected chi connectivity index (χ3v) is 12.0. The van der Waals surface area contributed by atoms with Crippen molar-refractivity contribution in [3.05, 3.63) is 179 Å². The summed E-state index contributed by atoms with van der Waals surface area (Å²) in [6.07, 6.45) is -0.711. The first kappa shape index (κ1) is 36.4. The summed E-state index contributed by atoms with van der Waals surface area (Å²) in [5.74, 6) is -1.73. The lowest BCUT2D eigenvalue weighted by Gasteiger charge is -2.41. The Morgan fingerprint density at radius 1 is 0.635 bits per heavy atom. The normalized spacial score (nSPS) is 21.8. The van der Waals surface area contributed by atoms with Crippen LogP contribution in [0.25, 0.3) is 0 Å². The van der Waals surface area contributed by atoms with Gasteiger partial charge in [0.2, 0.25) is 0 Å². The van der Waals surface area contributed by atoms with E-state index in [-0.39, 0.29) is 0 Å². The van der Waals surface area contributed by atoms with Crippen molar-refractivity contribution in [3.8, 4) is 0 Å². The highest BCUT2D eigenvalue weighted by atomic mass is 32.5. The molecule has 2 aliphatic heterocycles. The molecule has 0 aromatic heterocycles. The Morgan fingerprint density at radius 2 is 1.00 bits per heavy atom. The van der Waals surface area contributed by atoms with Crippen molar-refractivity contribution < 1.29 is 27.8 Å². The molecule has 8 heteroatoms. The van der Waals surface area contributed by atoms with Crippen LogP contribution in [0, 0.1) is 5.92 Å². The van der Waals surface area contributed by atoms with Gasteiger partial charge >= 0.3 is 12.7 Å². The molecule has 5 aromatic rings. The third kappa shape index (κ3) is 6.82. The number of hydrogen-bond donors (Lipinski definition) is 0. The van der Waals surface area contributed by atoms with Gasteiger partial charge in [0.15, 0.2) is 17.0 Å². The van der Waals surface area contributed by atoms with E-state index in [1.807, 2.05) is 154 Å². The molecule has 2 fully saturated rings. The maximum Gasteiger partial charge on any atom is 0.385 e. The maximum atomic E-state index is 14.4. The summed E-state index contributed by atoms with van der Waals surface area (Å²) in [6.45, 7) is 5.90. The van der Waals surface area contributed by atoms with E-state index in [1.54, 1.807) is 0 Å². The van der Waals surface area contributed by atoms with Crippen molar-refractivity contribution in [1.82, 2.24) is 0 Å². The van der Waals surface area contributed by atoms with Gasteiger partial charge in [-0.1, -0.05) is 159 Å². The largest absolute Gasteiger partial charge is 0.391 e. The van der Waals surface area contributed by atoms with E-state index in [9.17, 15) is 4.79 Å². The molecule has 5 aromatic carbocycles. The molecule has 0 saturated carbocycles. The highest BCUT2D eigenvalue weighted by Crippen LogP contribution is 2.69. The minimum atomic E-state index is -4.09. The van der Waals surface area contributed by atoms with Gasteiger partial charge in [0.05, 0.1) is 5.92 Å². The van der Waals surface area contributed by atoms with Crippen LogP contribution in [0.2, 0.25) is 0 Å². The Hall–Kier alpha value is -3.94. The molecule has 7 rings (SSSR count). The first-order valence-corrected chi connectivity index (χ1v) is 20.4. The van der Waals surface area contributed by atoms with E-state index in [0.717, 1.165) is 34.2 Å². The SMILES string of the molecule is CC(C)Cc1ccc([C@H](C)C(=O)OP2(=S)OC(c3ccccc3)(c3ccccc3)[C@@H]3OC(C)(C)O[C@H]3C(c3ccccc3)(c3ccccc3)O2)cc1. The van der Waals surface area contributed by atoms with Crippen molar-refractivity contribution in [3.63, 3.8) is 0 Å². The molecule has 0 amide bonds. The second kappa shape index (κ2) is 14.5. The molecular weight excluding hydrogens is 688 g/mol. The van der Waals surface area contributed by atoms with Crippen LogP contribution in [0.1, 0.15) is 73.9 Å². The molecule has 0 spiro atoms. The molecule has 2 heterocycles. The fourth-order valence-corrected chi connectivity index (χ4v) is 10.3. The summed E-state index contributed by atoms with van der Waals surface area (Å²) in [4.78, 5) is 14.4. The van der Waals surface area contributed by atoms with Crippen LogP contribution in [0.15, 0.2) is 146 Å². The summed E-state index contributed by atoms with van der Waals surface area (Å²) >= 11 is 6.50. The molecule has 2 saturated heterocycles. The number of ether oxygens (including phenoxy) is 2. The zero-order valence-electron chi connectivity index (χ0n) is 30.2. The predicted octanol–water partition coefficient (Wildman–Crippen LogP) is 10.2. The van der Waals surface area contributed by atoms with Crippen molar-refractivity contribution in [2.24, 2.45) is 5.92 Å². The second-order valence-corrected chi connectivity index (χ2v) is 17.3. The average molecular weight is 733 g/mol. The lowest BCUT2D eigenvalue weighted by atomic mass is 9.72. The van der Waals surface area contributed by atoms with Gasteiger partial charge in [0.25, 0.3) is 0 Å². The van der Waals surface area contributed by atoms with E-state index < -0.39 is 47.8 Å². The molecule has 2 aliphatic rings. The minimum absolute atomic E-state index is 0.518. The minimum Gasteiger partial charge on any atom is -0.391 e. The Labute approximate surface area is 312 Å². The summed E-state index contributed by atoms with van der Waals surface area (Å²) in [6, 6.07) is 47.4. The van der Waals surface area contributed by atoms with Crippen molar-refractivity contribution in [2.75, 3.05) is 0 Å². The predicted molar refractivity (Wildman–Crippen MR) is 207 cm³/mol. The third-order valence-electron chi connectivity index (χ3n) is 9.90. The van der Waals surface area contributed by atoms with Gasteiger partial charge in [-0.2, -0.15) is 0 Å². The molecular formula is C44H45O6PS. The Kier molecular flexibility index (Phi) is 10.1. The van der Waals surface area contributed by atoms with Crippen LogP contribution in [0.3, 0.4) is 0 Å². The van der Waals surface area contributed by atoms with Crippen LogP contribution in [0.5, 0.6) is 0 Å². The first-order chi connectivity index (χ1) is 25.0. The first-order valence-electron chi connectivity index (χ1n) is 17.9. The van der Waals surface area contributed by atoms with Crippen molar-refractivity contribution in [1.29, 1.82) is 0 Å². The fraction of sp³-hybridized carbons (Fsp3) is 0.295. The molecule has 0 N–H and O–H groups in total. The number of hydrogen-bond acceptors (Lipinski definition) is 7. The molecule has 0 radical (unpaired) electrons.